The molecule has 2 heterocycles. The number of likely N-dealkylation sites (tertiary alicyclic amines) is 1. The number of amides is 4. The lowest BCUT2D eigenvalue weighted by Crippen LogP contribution is -2.60. The number of pyridine rings is 1. The Balaban J connectivity index is 1.35. The molecule has 1 aromatic heterocycles. The predicted molar refractivity (Wildman–Crippen MR) is 227 cm³/mol. The highest BCUT2D eigenvalue weighted by molar-refractivity contribution is 7.90. The molecule has 15 heteroatoms. The van der Waals surface area contributed by atoms with Crippen molar-refractivity contribution in [3.8, 4) is 22.8 Å². The highest BCUT2D eigenvalue weighted by atomic mass is 32.2. The van der Waals surface area contributed by atoms with Gasteiger partial charge in [0.05, 0.1) is 29.8 Å². The predicted octanol–water partition coefficient (Wildman–Crippen LogP) is 6.07. The van der Waals surface area contributed by atoms with Crippen molar-refractivity contribution >= 4 is 44.7 Å². The Morgan fingerprint density at radius 2 is 1.68 bits per heavy atom. The highest BCUT2D eigenvalue weighted by Crippen LogP contribution is 2.45. The van der Waals surface area contributed by atoms with Gasteiger partial charge in [0.1, 0.15) is 40.8 Å². The van der Waals surface area contributed by atoms with Crippen molar-refractivity contribution in [2.45, 2.75) is 95.5 Å². The Kier molecular flexibility index (Phi) is 12.1. The molecule has 5 atom stereocenters. The Morgan fingerprint density at radius 3 is 2.30 bits per heavy atom. The molecule has 0 radical (unpaired) electrons. The monoisotopic (exact) mass is 839 g/mol. The molecule has 6 rings (SSSR count). The minimum absolute atomic E-state index is 0.0143. The van der Waals surface area contributed by atoms with Crippen LogP contribution in [0.15, 0.2) is 96.4 Å². The van der Waals surface area contributed by atoms with Gasteiger partial charge in [-0.3, -0.25) is 14.4 Å². The number of alkyl carbamates (subject to hydrolysis) is 1. The summed E-state index contributed by atoms with van der Waals surface area (Å²) in [6, 6.07) is 20.5. The van der Waals surface area contributed by atoms with E-state index in [1.165, 1.54) is 23.1 Å². The number of hydrogen-bond acceptors (Lipinski definition) is 10. The number of carbonyl (C=O) groups is 4. The fourth-order valence-corrected chi connectivity index (χ4v) is 8.49. The zero-order chi connectivity index (χ0) is 43.8. The molecule has 2 aliphatic rings. The molecule has 1 aliphatic heterocycles. The first kappa shape index (κ1) is 43.6. The second-order valence-corrected chi connectivity index (χ2v) is 19.1. The molecule has 0 spiro atoms. The molecule has 60 heavy (non-hydrogen) atoms. The third-order valence-electron chi connectivity index (χ3n) is 10.5. The molecule has 1 saturated heterocycles. The van der Waals surface area contributed by atoms with Crippen LogP contribution in [-0.2, 0) is 29.1 Å². The van der Waals surface area contributed by atoms with E-state index in [-0.39, 0.29) is 24.3 Å². The molecule has 3 aromatic carbocycles. The van der Waals surface area contributed by atoms with E-state index in [2.05, 4.69) is 21.9 Å². The summed E-state index contributed by atoms with van der Waals surface area (Å²) in [5, 5.41) is 6.21. The Morgan fingerprint density at radius 1 is 0.967 bits per heavy atom. The van der Waals surface area contributed by atoms with E-state index in [0.29, 0.717) is 33.7 Å². The van der Waals surface area contributed by atoms with E-state index in [1.54, 1.807) is 85.9 Å². The fraction of sp³-hybridized carbons (Fsp3) is 0.400. The molecular formula is C45H53N5O9S. The van der Waals surface area contributed by atoms with E-state index >= 15 is 0 Å². The van der Waals surface area contributed by atoms with Crippen LogP contribution >= 0.6 is 0 Å². The lowest BCUT2D eigenvalue weighted by Gasteiger charge is -2.36. The SMILES string of the molecule is C=C[C@@H]1C[C@]1(NC(=O)[C@@H]1C[C@@H](Oc2cc(-c3ccccc3)nc3cc(OC)ccc23)CN1C(=O)[C@@H](NC(=O)OC(C)(C)C)C(C)(C)C)C(=O)NS(=O)(=O)c1cccc(C)c1. The average Bonchev–Trinajstić information content (AvgIpc) is 3.74. The Bertz CT molecular complexity index is 2430. The van der Waals surface area contributed by atoms with Crippen molar-refractivity contribution in [1.29, 1.82) is 0 Å². The topological polar surface area (TPSA) is 182 Å². The zero-order valence-electron chi connectivity index (χ0n) is 35.2. The van der Waals surface area contributed by atoms with Gasteiger partial charge in [-0.15, -0.1) is 6.58 Å². The second-order valence-electron chi connectivity index (χ2n) is 17.4. The summed E-state index contributed by atoms with van der Waals surface area (Å²) in [6.45, 7) is 15.9. The van der Waals surface area contributed by atoms with Crippen LogP contribution in [-0.4, -0.2) is 85.1 Å². The molecule has 2 fully saturated rings. The lowest BCUT2D eigenvalue weighted by molar-refractivity contribution is -0.143. The summed E-state index contributed by atoms with van der Waals surface area (Å²) in [5.41, 5.74) is -0.633. The first-order valence-electron chi connectivity index (χ1n) is 19.7. The van der Waals surface area contributed by atoms with Gasteiger partial charge in [0.25, 0.3) is 15.9 Å². The Hall–Kier alpha value is -5.96. The van der Waals surface area contributed by atoms with E-state index < -0.39 is 74.5 Å². The van der Waals surface area contributed by atoms with Gasteiger partial charge in [-0.1, -0.05) is 69.3 Å². The number of nitrogens with one attached hydrogen (secondary N) is 3. The number of benzene rings is 3. The van der Waals surface area contributed by atoms with Crippen LogP contribution < -0.4 is 24.8 Å². The molecule has 1 saturated carbocycles. The fourth-order valence-electron chi connectivity index (χ4n) is 7.34. The Labute approximate surface area is 351 Å². The number of carbonyl (C=O) groups excluding carboxylic acids is 4. The molecular weight excluding hydrogens is 787 g/mol. The van der Waals surface area contributed by atoms with Gasteiger partial charge in [0.2, 0.25) is 11.8 Å². The van der Waals surface area contributed by atoms with Crippen molar-refractivity contribution in [3.63, 3.8) is 0 Å². The summed E-state index contributed by atoms with van der Waals surface area (Å²) in [4.78, 5) is 62.5. The van der Waals surface area contributed by atoms with Crippen molar-refractivity contribution in [2.24, 2.45) is 11.3 Å². The van der Waals surface area contributed by atoms with Crippen molar-refractivity contribution in [2.75, 3.05) is 13.7 Å². The number of ether oxygens (including phenoxy) is 3. The van der Waals surface area contributed by atoms with Crippen LogP contribution in [0.1, 0.15) is 59.9 Å². The van der Waals surface area contributed by atoms with E-state index in [1.807, 2.05) is 36.4 Å². The first-order valence-corrected chi connectivity index (χ1v) is 21.2. The number of rotatable bonds is 12. The third kappa shape index (κ3) is 9.57. The lowest BCUT2D eigenvalue weighted by atomic mass is 9.85. The summed E-state index contributed by atoms with van der Waals surface area (Å²) in [7, 11) is -2.75. The zero-order valence-corrected chi connectivity index (χ0v) is 36.0. The van der Waals surface area contributed by atoms with Crippen LogP contribution in [0, 0.1) is 18.3 Å². The number of nitrogens with zero attached hydrogens (tertiary/aromatic N) is 2. The molecule has 3 N–H and O–H groups in total. The molecule has 4 amide bonds. The largest absolute Gasteiger partial charge is 0.497 e. The maximum Gasteiger partial charge on any atom is 0.408 e. The van der Waals surface area contributed by atoms with E-state index in [9.17, 15) is 27.6 Å². The third-order valence-corrected chi connectivity index (χ3v) is 11.9. The number of aryl methyl sites for hydroxylation is 1. The summed E-state index contributed by atoms with van der Waals surface area (Å²) < 4.78 is 46.6. The van der Waals surface area contributed by atoms with Gasteiger partial charge in [0, 0.05) is 35.4 Å². The van der Waals surface area contributed by atoms with Crippen LogP contribution in [0.4, 0.5) is 4.79 Å². The molecule has 14 nitrogen and oxygen atoms in total. The molecule has 0 unspecified atom stereocenters. The van der Waals surface area contributed by atoms with Crippen molar-refractivity contribution in [1.82, 2.24) is 25.2 Å². The summed E-state index contributed by atoms with van der Waals surface area (Å²) >= 11 is 0. The minimum atomic E-state index is -4.31. The number of fused-ring (bicyclic) bond motifs is 1. The maximum atomic E-state index is 14.8. The maximum absolute atomic E-state index is 14.8. The highest BCUT2D eigenvalue weighted by Gasteiger charge is 2.61. The van der Waals surface area contributed by atoms with Crippen molar-refractivity contribution in [3.05, 3.63) is 97.1 Å². The summed E-state index contributed by atoms with van der Waals surface area (Å²) in [5.74, 6) is -1.78. The number of aromatic nitrogens is 1. The minimum Gasteiger partial charge on any atom is -0.497 e. The van der Waals surface area contributed by atoms with Crippen LogP contribution in [0.25, 0.3) is 22.2 Å². The molecule has 1 aliphatic carbocycles. The normalized spacial score (nSPS) is 20.7. The first-order chi connectivity index (χ1) is 28.1. The van der Waals surface area contributed by atoms with E-state index in [4.69, 9.17) is 19.2 Å². The second kappa shape index (κ2) is 16.6. The van der Waals surface area contributed by atoms with Gasteiger partial charge in [-0.2, -0.15) is 0 Å². The van der Waals surface area contributed by atoms with Crippen LogP contribution in [0.5, 0.6) is 11.5 Å². The molecule has 4 aromatic rings. The van der Waals surface area contributed by atoms with Crippen LogP contribution in [0.2, 0.25) is 0 Å². The average molecular weight is 840 g/mol. The smallest absolute Gasteiger partial charge is 0.408 e. The van der Waals surface area contributed by atoms with Gasteiger partial charge >= 0.3 is 6.09 Å². The number of sulfonamides is 1. The van der Waals surface area contributed by atoms with Gasteiger partial charge in [-0.25, -0.2) is 22.9 Å². The van der Waals surface area contributed by atoms with E-state index in [0.717, 1.165) is 5.56 Å². The number of hydrogen-bond donors (Lipinski definition) is 3. The quantitative estimate of drug-likeness (QED) is 0.142. The van der Waals surface area contributed by atoms with Gasteiger partial charge < -0.3 is 29.7 Å². The van der Waals surface area contributed by atoms with Gasteiger partial charge in [-0.05, 0) is 69.4 Å². The standard InChI is InChI=1S/C45H53N5O9S/c1-10-29-25-45(29,41(53)49-60(55,56)32-18-14-15-27(2)21-32)48-39(51)36-23-31(26-50(36)40(52)38(43(3,4)5)47-42(54)59-44(6,7)8)58-37-24-34(28-16-12-11-13-17-28)46-35-22-30(57-9)19-20-33(35)37/h10-22,24,29,31,36,38H,1,23,25-26H2,2-9H3,(H,47,54)(H,48,51)(H,49,53)/t29-,31-,36+,38-,45-/m1/s1. The molecule has 0 bridgehead atoms. The van der Waals surface area contributed by atoms with Crippen molar-refractivity contribution < 1.29 is 41.8 Å². The van der Waals surface area contributed by atoms with Crippen LogP contribution in [0.3, 0.4) is 0 Å². The molecule has 318 valence electrons. The summed E-state index contributed by atoms with van der Waals surface area (Å²) in [6.07, 6.45) is -0.0224. The van der Waals surface area contributed by atoms with Gasteiger partial charge in [0.15, 0.2) is 0 Å². The number of methoxy groups -OCH3 is 1.